The molecule has 0 amide bonds. The van der Waals surface area contributed by atoms with E-state index < -0.39 is 6.16 Å². The number of hydrogen-bond acceptors (Lipinski definition) is 3. The van der Waals surface area contributed by atoms with E-state index in [0.717, 1.165) is 17.6 Å². The molecule has 0 spiro atoms. The first-order chi connectivity index (χ1) is 6.16. The van der Waals surface area contributed by atoms with Gasteiger partial charge in [-0.25, -0.2) is 4.79 Å². The van der Waals surface area contributed by atoms with Gasteiger partial charge in [0, 0.05) is 0 Å². The molecule has 0 bridgehead atoms. The Labute approximate surface area is 79.0 Å². The Morgan fingerprint density at radius 1 is 1.31 bits per heavy atom. The lowest BCUT2D eigenvalue weighted by Gasteiger charge is -2.36. The fraction of sp³-hybridized carbons (Fsp3) is 0.889. The molecule has 1 aliphatic heterocycles. The zero-order valence-corrected chi connectivity index (χ0v) is 8.41. The molecule has 0 N–H and O–H groups in total. The number of carbonyl (C=O) groups is 1. The maximum absolute atomic E-state index is 10.7. The summed E-state index contributed by atoms with van der Waals surface area (Å²) in [6, 6.07) is 0. The topological polar surface area (TPSA) is 35.5 Å². The SMILES string of the molecule is COC(=O)OC[N+]1(C)CCCCC1. The summed E-state index contributed by atoms with van der Waals surface area (Å²) in [6.07, 6.45) is 3.17. The van der Waals surface area contributed by atoms with E-state index in [1.807, 2.05) is 0 Å². The Morgan fingerprint density at radius 2 is 1.92 bits per heavy atom. The predicted molar refractivity (Wildman–Crippen MR) is 48.1 cm³/mol. The van der Waals surface area contributed by atoms with E-state index in [9.17, 15) is 4.79 Å². The molecule has 0 aromatic rings. The smallest absolute Gasteiger partial charge is 0.437 e. The molecule has 13 heavy (non-hydrogen) atoms. The van der Waals surface area contributed by atoms with Gasteiger partial charge in [-0.1, -0.05) is 0 Å². The van der Waals surface area contributed by atoms with Crippen molar-refractivity contribution >= 4 is 6.16 Å². The van der Waals surface area contributed by atoms with E-state index in [-0.39, 0.29) is 0 Å². The van der Waals surface area contributed by atoms with Crippen molar-refractivity contribution in [3.63, 3.8) is 0 Å². The summed E-state index contributed by atoms with van der Waals surface area (Å²) in [4.78, 5) is 10.7. The summed E-state index contributed by atoms with van der Waals surface area (Å²) in [6.45, 7) is 2.63. The number of nitrogens with zero attached hydrogens (tertiary/aromatic N) is 1. The molecule has 4 nitrogen and oxygen atoms in total. The Kier molecular flexibility index (Phi) is 3.54. The molecular formula is C9H18NO3+. The molecule has 1 fully saturated rings. The quantitative estimate of drug-likeness (QED) is 0.485. The van der Waals surface area contributed by atoms with Crippen LogP contribution in [0, 0.1) is 0 Å². The number of quaternary nitrogens is 1. The van der Waals surface area contributed by atoms with Gasteiger partial charge in [-0.05, 0) is 19.3 Å². The van der Waals surface area contributed by atoms with Crippen LogP contribution in [0.4, 0.5) is 4.79 Å². The van der Waals surface area contributed by atoms with Crippen molar-refractivity contribution < 1.29 is 18.8 Å². The lowest BCUT2D eigenvalue weighted by Crippen LogP contribution is -2.49. The highest BCUT2D eigenvalue weighted by molar-refractivity contribution is 5.59. The maximum atomic E-state index is 10.7. The van der Waals surface area contributed by atoms with Crippen molar-refractivity contribution in [2.45, 2.75) is 19.3 Å². The molecule has 0 aromatic carbocycles. The van der Waals surface area contributed by atoms with E-state index in [1.54, 1.807) is 0 Å². The summed E-state index contributed by atoms with van der Waals surface area (Å²) >= 11 is 0. The monoisotopic (exact) mass is 188 g/mol. The van der Waals surface area contributed by atoms with Gasteiger partial charge in [0.1, 0.15) is 0 Å². The van der Waals surface area contributed by atoms with Crippen LogP contribution in [-0.4, -0.2) is 44.6 Å². The van der Waals surface area contributed by atoms with E-state index in [1.165, 1.54) is 26.4 Å². The first-order valence-electron chi connectivity index (χ1n) is 4.71. The molecular weight excluding hydrogens is 170 g/mol. The second-order valence-corrected chi connectivity index (χ2v) is 3.85. The second-order valence-electron chi connectivity index (χ2n) is 3.85. The summed E-state index contributed by atoms with van der Waals surface area (Å²) < 4.78 is 10.2. The fourth-order valence-electron chi connectivity index (χ4n) is 1.67. The number of rotatable bonds is 2. The average Bonchev–Trinajstić information content (AvgIpc) is 2.15. The van der Waals surface area contributed by atoms with Crippen LogP contribution in [0.2, 0.25) is 0 Å². The molecule has 1 saturated heterocycles. The van der Waals surface area contributed by atoms with Crippen LogP contribution in [0.3, 0.4) is 0 Å². The normalized spacial score (nSPS) is 20.8. The van der Waals surface area contributed by atoms with Crippen LogP contribution in [0.1, 0.15) is 19.3 Å². The van der Waals surface area contributed by atoms with Crippen molar-refractivity contribution in [1.29, 1.82) is 0 Å². The van der Waals surface area contributed by atoms with Gasteiger partial charge in [-0.2, -0.15) is 0 Å². The van der Waals surface area contributed by atoms with Crippen LogP contribution in [0.15, 0.2) is 0 Å². The summed E-state index contributed by atoms with van der Waals surface area (Å²) in [5.74, 6) is 0. The number of piperidine rings is 1. The van der Waals surface area contributed by atoms with Crippen molar-refractivity contribution in [2.24, 2.45) is 0 Å². The molecule has 0 saturated carbocycles. The zero-order valence-electron chi connectivity index (χ0n) is 8.41. The predicted octanol–water partition coefficient (Wildman–Crippen LogP) is 1.36. The second kappa shape index (κ2) is 4.46. The Balaban J connectivity index is 2.28. The Hall–Kier alpha value is -0.770. The van der Waals surface area contributed by atoms with Crippen LogP contribution >= 0.6 is 0 Å². The average molecular weight is 188 g/mol. The van der Waals surface area contributed by atoms with E-state index >= 15 is 0 Å². The van der Waals surface area contributed by atoms with Gasteiger partial charge in [0.05, 0.1) is 27.2 Å². The molecule has 4 heteroatoms. The lowest BCUT2D eigenvalue weighted by atomic mass is 10.1. The maximum Gasteiger partial charge on any atom is 0.512 e. The van der Waals surface area contributed by atoms with Gasteiger partial charge >= 0.3 is 6.16 Å². The van der Waals surface area contributed by atoms with Gasteiger partial charge in [0.15, 0.2) is 0 Å². The third-order valence-corrected chi connectivity index (χ3v) is 2.56. The summed E-state index contributed by atoms with van der Waals surface area (Å²) in [7, 11) is 3.45. The van der Waals surface area contributed by atoms with Crippen molar-refractivity contribution in [3.8, 4) is 0 Å². The molecule has 0 aromatic heterocycles. The molecule has 76 valence electrons. The highest BCUT2D eigenvalue weighted by Crippen LogP contribution is 2.15. The summed E-state index contributed by atoms with van der Waals surface area (Å²) in [5, 5.41) is 0. The lowest BCUT2D eigenvalue weighted by molar-refractivity contribution is -0.930. The molecule has 1 aliphatic rings. The molecule has 1 rings (SSSR count). The van der Waals surface area contributed by atoms with Crippen LogP contribution in [0.25, 0.3) is 0 Å². The molecule has 0 radical (unpaired) electrons. The minimum absolute atomic E-state index is 0.437. The van der Waals surface area contributed by atoms with Gasteiger partial charge in [-0.15, -0.1) is 0 Å². The first-order valence-corrected chi connectivity index (χ1v) is 4.71. The third-order valence-electron chi connectivity index (χ3n) is 2.56. The van der Waals surface area contributed by atoms with Crippen molar-refractivity contribution in [1.82, 2.24) is 0 Å². The summed E-state index contributed by atoms with van der Waals surface area (Å²) in [5.41, 5.74) is 0. The number of likely N-dealkylation sites (tertiary alicyclic amines) is 1. The van der Waals surface area contributed by atoms with Crippen LogP contribution in [0.5, 0.6) is 0 Å². The number of ether oxygens (including phenoxy) is 2. The van der Waals surface area contributed by atoms with Crippen LogP contribution < -0.4 is 0 Å². The third kappa shape index (κ3) is 3.22. The highest BCUT2D eigenvalue weighted by Gasteiger charge is 2.26. The number of methoxy groups -OCH3 is 1. The minimum atomic E-state index is -0.579. The Bertz CT molecular complexity index is 176. The number of hydrogen-bond donors (Lipinski definition) is 0. The van der Waals surface area contributed by atoms with Crippen molar-refractivity contribution in [2.75, 3.05) is 34.0 Å². The van der Waals surface area contributed by atoms with Gasteiger partial charge in [0.25, 0.3) is 0 Å². The van der Waals surface area contributed by atoms with Gasteiger partial charge < -0.3 is 9.47 Å². The standard InChI is InChI=1S/C9H18NO3/c1-10(6-4-3-5-7-10)8-13-9(11)12-2/h3-8H2,1-2H3/q+1. The van der Waals surface area contributed by atoms with Gasteiger partial charge in [0.2, 0.25) is 6.73 Å². The van der Waals surface area contributed by atoms with Crippen LogP contribution in [-0.2, 0) is 9.47 Å². The zero-order chi connectivity index (χ0) is 9.73. The molecule has 0 aliphatic carbocycles. The van der Waals surface area contributed by atoms with Crippen molar-refractivity contribution in [3.05, 3.63) is 0 Å². The Morgan fingerprint density at radius 3 is 2.46 bits per heavy atom. The molecule has 0 unspecified atom stereocenters. The number of carbonyl (C=O) groups excluding carboxylic acids is 1. The molecule has 0 atom stereocenters. The van der Waals surface area contributed by atoms with E-state index in [0.29, 0.717) is 6.73 Å². The van der Waals surface area contributed by atoms with E-state index in [2.05, 4.69) is 11.8 Å². The highest BCUT2D eigenvalue weighted by atomic mass is 16.7. The first kappa shape index (κ1) is 10.3. The minimum Gasteiger partial charge on any atom is -0.437 e. The van der Waals surface area contributed by atoms with E-state index in [4.69, 9.17) is 4.74 Å². The fourth-order valence-corrected chi connectivity index (χ4v) is 1.67. The molecule has 1 heterocycles. The van der Waals surface area contributed by atoms with Gasteiger partial charge in [-0.3, -0.25) is 4.48 Å². The largest absolute Gasteiger partial charge is 0.512 e.